The number of rotatable bonds is 7. The van der Waals surface area contributed by atoms with Crippen LogP contribution >= 0.6 is 0 Å². The second kappa shape index (κ2) is 8.40. The molecule has 2 N–H and O–H groups in total. The molecular formula is C21H22N2O5S. The van der Waals surface area contributed by atoms with Gasteiger partial charge in [0.05, 0.1) is 24.3 Å². The van der Waals surface area contributed by atoms with E-state index in [4.69, 9.17) is 9.15 Å². The third-order valence-corrected chi connectivity index (χ3v) is 5.92. The molecule has 0 unspecified atom stereocenters. The molecule has 0 fully saturated rings. The summed E-state index contributed by atoms with van der Waals surface area (Å²) in [7, 11) is -2.35. The highest BCUT2D eigenvalue weighted by Crippen LogP contribution is 2.23. The molecule has 1 amide bonds. The van der Waals surface area contributed by atoms with E-state index in [9.17, 15) is 13.2 Å². The molecule has 2 aromatic carbocycles. The Kier molecular flexibility index (Phi) is 5.93. The zero-order valence-electron chi connectivity index (χ0n) is 16.3. The van der Waals surface area contributed by atoms with Crippen LogP contribution in [0.15, 0.2) is 70.2 Å². The van der Waals surface area contributed by atoms with Gasteiger partial charge in [0.1, 0.15) is 11.5 Å². The molecule has 1 atom stereocenters. The van der Waals surface area contributed by atoms with Crippen molar-refractivity contribution in [1.82, 2.24) is 5.32 Å². The number of furan rings is 1. The molecule has 0 aliphatic rings. The summed E-state index contributed by atoms with van der Waals surface area (Å²) in [5.41, 5.74) is 1.16. The van der Waals surface area contributed by atoms with E-state index in [1.54, 1.807) is 62.4 Å². The second-order valence-electron chi connectivity index (χ2n) is 6.52. The zero-order valence-corrected chi connectivity index (χ0v) is 17.1. The Balaban J connectivity index is 1.82. The minimum absolute atomic E-state index is 0.0339. The van der Waals surface area contributed by atoms with E-state index in [-0.39, 0.29) is 16.5 Å². The number of carbonyl (C=O) groups excluding carboxylic acids is 1. The summed E-state index contributed by atoms with van der Waals surface area (Å²) in [4.78, 5) is 12.6. The molecule has 8 heteroatoms. The molecule has 0 spiro atoms. The van der Waals surface area contributed by atoms with Gasteiger partial charge < -0.3 is 14.5 Å². The smallest absolute Gasteiger partial charge is 0.262 e. The molecule has 1 heterocycles. The number of amides is 1. The number of aryl methyl sites for hydroxylation is 1. The number of methoxy groups -OCH3 is 1. The van der Waals surface area contributed by atoms with Gasteiger partial charge in [-0.2, -0.15) is 0 Å². The van der Waals surface area contributed by atoms with E-state index < -0.39 is 15.9 Å². The van der Waals surface area contributed by atoms with Gasteiger partial charge in [-0.15, -0.1) is 0 Å². The van der Waals surface area contributed by atoms with Crippen molar-refractivity contribution in [2.75, 3.05) is 11.8 Å². The summed E-state index contributed by atoms with van der Waals surface area (Å²) in [5, 5.41) is 2.80. The first-order valence-corrected chi connectivity index (χ1v) is 10.4. The van der Waals surface area contributed by atoms with Crippen LogP contribution in [0.5, 0.6) is 5.75 Å². The molecule has 0 saturated heterocycles. The minimum Gasteiger partial charge on any atom is -0.497 e. The molecule has 0 radical (unpaired) electrons. The third kappa shape index (κ3) is 4.78. The second-order valence-corrected chi connectivity index (χ2v) is 8.18. The Morgan fingerprint density at radius 1 is 1.10 bits per heavy atom. The lowest BCUT2D eigenvalue weighted by molar-refractivity contribution is 0.0935. The van der Waals surface area contributed by atoms with Crippen LogP contribution in [0.25, 0.3) is 0 Å². The first kappa shape index (κ1) is 20.5. The van der Waals surface area contributed by atoms with Crippen LogP contribution in [-0.4, -0.2) is 21.4 Å². The molecule has 0 aliphatic heterocycles. The molecule has 7 nitrogen and oxygen atoms in total. The van der Waals surface area contributed by atoms with E-state index in [2.05, 4.69) is 10.0 Å². The van der Waals surface area contributed by atoms with Gasteiger partial charge in [-0.05, 0) is 67.9 Å². The van der Waals surface area contributed by atoms with Crippen LogP contribution in [0.3, 0.4) is 0 Å². The fourth-order valence-electron chi connectivity index (χ4n) is 2.79. The van der Waals surface area contributed by atoms with Crippen molar-refractivity contribution in [3.8, 4) is 5.75 Å². The highest BCUT2D eigenvalue weighted by atomic mass is 32.2. The fraction of sp³-hybridized carbons (Fsp3) is 0.190. The number of hydrogen-bond donors (Lipinski definition) is 2. The standard InChI is InChI=1S/C21H22N2O5S/c1-14-6-7-16(21(24)22-15(2)19-5-4-12-28-19)13-20(14)29(25,26)23-17-8-10-18(27-3)11-9-17/h4-13,15,23H,1-3H3,(H,22,24)/t15-/m0/s1. The molecule has 0 bridgehead atoms. The third-order valence-electron chi connectivity index (χ3n) is 4.40. The molecule has 1 aromatic heterocycles. The van der Waals surface area contributed by atoms with Crippen LogP contribution < -0.4 is 14.8 Å². The lowest BCUT2D eigenvalue weighted by Crippen LogP contribution is -2.26. The molecule has 152 valence electrons. The van der Waals surface area contributed by atoms with Gasteiger partial charge in [0.15, 0.2) is 0 Å². The monoisotopic (exact) mass is 414 g/mol. The summed E-state index contributed by atoms with van der Waals surface area (Å²) in [6.45, 7) is 3.46. The van der Waals surface area contributed by atoms with Crippen molar-refractivity contribution >= 4 is 21.6 Å². The Labute approximate surface area is 169 Å². The summed E-state index contributed by atoms with van der Waals surface area (Å²) in [6, 6.07) is 14.2. The summed E-state index contributed by atoms with van der Waals surface area (Å²) < 4.78 is 38.6. The highest BCUT2D eigenvalue weighted by molar-refractivity contribution is 7.92. The quantitative estimate of drug-likeness (QED) is 0.611. The van der Waals surface area contributed by atoms with E-state index >= 15 is 0 Å². The van der Waals surface area contributed by atoms with Gasteiger partial charge in [0, 0.05) is 11.3 Å². The average Bonchev–Trinajstić information content (AvgIpc) is 3.23. The van der Waals surface area contributed by atoms with E-state index in [1.807, 2.05) is 0 Å². The molecule has 0 aliphatic carbocycles. The zero-order chi connectivity index (χ0) is 21.0. The molecule has 0 saturated carbocycles. The average molecular weight is 414 g/mol. The minimum atomic E-state index is -3.88. The van der Waals surface area contributed by atoms with E-state index in [1.165, 1.54) is 19.4 Å². The number of ether oxygens (including phenoxy) is 1. The van der Waals surface area contributed by atoms with Crippen LogP contribution in [0.2, 0.25) is 0 Å². The van der Waals surface area contributed by atoms with Gasteiger partial charge in [-0.3, -0.25) is 9.52 Å². The summed E-state index contributed by atoms with van der Waals surface area (Å²) in [5.74, 6) is 0.836. The van der Waals surface area contributed by atoms with Gasteiger partial charge in [-0.1, -0.05) is 6.07 Å². The van der Waals surface area contributed by atoms with Crippen molar-refractivity contribution in [1.29, 1.82) is 0 Å². The van der Waals surface area contributed by atoms with Crippen LogP contribution in [0, 0.1) is 6.92 Å². The normalized spacial score (nSPS) is 12.2. The molecule has 29 heavy (non-hydrogen) atoms. The predicted molar refractivity (Wildman–Crippen MR) is 110 cm³/mol. The summed E-state index contributed by atoms with van der Waals surface area (Å²) >= 11 is 0. The molecule has 3 aromatic rings. The Morgan fingerprint density at radius 3 is 2.45 bits per heavy atom. The van der Waals surface area contributed by atoms with Crippen LogP contribution in [-0.2, 0) is 10.0 Å². The lowest BCUT2D eigenvalue weighted by atomic mass is 10.1. The van der Waals surface area contributed by atoms with Gasteiger partial charge >= 0.3 is 0 Å². The van der Waals surface area contributed by atoms with E-state index in [0.29, 0.717) is 22.8 Å². The maximum atomic E-state index is 12.9. The predicted octanol–water partition coefficient (Wildman–Crippen LogP) is 3.89. The summed E-state index contributed by atoms with van der Waals surface area (Å²) in [6.07, 6.45) is 1.53. The van der Waals surface area contributed by atoms with E-state index in [0.717, 1.165) is 0 Å². The van der Waals surface area contributed by atoms with Crippen molar-refractivity contribution < 1.29 is 22.4 Å². The van der Waals surface area contributed by atoms with Crippen molar-refractivity contribution in [3.63, 3.8) is 0 Å². The number of sulfonamides is 1. The molecular weight excluding hydrogens is 392 g/mol. The largest absolute Gasteiger partial charge is 0.497 e. The van der Waals surface area contributed by atoms with Crippen LogP contribution in [0.4, 0.5) is 5.69 Å². The number of nitrogens with one attached hydrogen (secondary N) is 2. The molecule has 3 rings (SSSR count). The van der Waals surface area contributed by atoms with Crippen molar-refractivity contribution in [2.45, 2.75) is 24.8 Å². The number of anilines is 1. The topological polar surface area (TPSA) is 97.6 Å². The van der Waals surface area contributed by atoms with Crippen molar-refractivity contribution in [3.05, 3.63) is 77.7 Å². The van der Waals surface area contributed by atoms with Crippen LogP contribution in [0.1, 0.15) is 34.6 Å². The maximum Gasteiger partial charge on any atom is 0.262 e. The first-order valence-electron chi connectivity index (χ1n) is 8.92. The number of hydrogen-bond acceptors (Lipinski definition) is 5. The maximum absolute atomic E-state index is 12.9. The Hall–Kier alpha value is -3.26. The number of carbonyl (C=O) groups is 1. The fourth-order valence-corrected chi connectivity index (χ4v) is 4.12. The lowest BCUT2D eigenvalue weighted by Gasteiger charge is -2.14. The van der Waals surface area contributed by atoms with Crippen molar-refractivity contribution in [2.24, 2.45) is 0 Å². The number of benzene rings is 2. The van der Waals surface area contributed by atoms with Gasteiger partial charge in [-0.25, -0.2) is 8.42 Å². The highest BCUT2D eigenvalue weighted by Gasteiger charge is 2.20. The first-order chi connectivity index (χ1) is 13.8. The Morgan fingerprint density at radius 2 is 1.83 bits per heavy atom. The SMILES string of the molecule is COc1ccc(NS(=O)(=O)c2cc(C(=O)N[C@@H](C)c3ccco3)ccc2C)cc1. The van der Waals surface area contributed by atoms with Gasteiger partial charge in [0.2, 0.25) is 0 Å². The Bertz CT molecular complexity index is 1090. The van der Waals surface area contributed by atoms with Gasteiger partial charge in [0.25, 0.3) is 15.9 Å².